The average Bonchev–Trinajstić information content (AvgIpc) is 3.21. The average molecular weight is 565 g/mol. The quantitative estimate of drug-likeness (QED) is 0.297. The maximum Gasteiger partial charge on any atom is 0.338 e. The van der Waals surface area contributed by atoms with Gasteiger partial charge >= 0.3 is 11.9 Å². The molecule has 0 radical (unpaired) electrons. The van der Waals surface area contributed by atoms with Gasteiger partial charge in [0, 0.05) is 11.4 Å². The van der Waals surface area contributed by atoms with E-state index in [1.54, 1.807) is 0 Å². The fourth-order valence-electron chi connectivity index (χ4n) is 3.78. The Morgan fingerprint density at radius 3 is 1.76 bits per heavy atom. The lowest BCUT2D eigenvalue weighted by molar-refractivity contribution is -0.150. The van der Waals surface area contributed by atoms with Crippen LogP contribution in [0, 0.1) is 11.6 Å². The summed E-state index contributed by atoms with van der Waals surface area (Å²) in [5, 5.41) is 4.82. The number of nitrogens with zero attached hydrogens (tertiary/aromatic N) is 1. The summed E-state index contributed by atoms with van der Waals surface area (Å²) < 4.78 is 35.9. The van der Waals surface area contributed by atoms with Crippen LogP contribution >= 0.6 is 0 Å². The zero-order valence-electron chi connectivity index (χ0n) is 21.3. The van der Waals surface area contributed by atoms with Crippen molar-refractivity contribution in [2.24, 2.45) is 0 Å². The molecule has 0 fully saturated rings. The smallest absolute Gasteiger partial charge is 0.338 e. The van der Waals surface area contributed by atoms with Crippen LogP contribution < -0.4 is 10.6 Å². The standard InChI is InChI=1S/C28H21F2N3O8/c1-15(27(38)40-13-23(34)31-19-7-3-17(29)4-8-19)33-25(36)21-11-2-16(12-22(21)26(33)37)28(39)41-14-24(35)32-20-9-5-18(30)6-10-20/h2-12,15H,13-14H2,1H3,(H,31,34)(H,32,35)/t15-/m0/s1. The number of carbonyl (C=O) groups is 6. The Morgan fingerprint density at radius 2 is 1.22 bits per heavy atom. The minimum absolute atomic E-state index is 0.0747. The molecule has 0 saturated carbocycles. The van der Waals surface area contributed by atoms with Crippen LogP contribution in [0.15, 0.2) is 66.7 Å². The molecule has 3 aromatic rings. The van der Waals surface area contributed by atoms with Gasteiger partial charge in [-0.1, -0.05) is 0 Å². The van der Waals surface area contributed by atoms with Gasteiger partial charge in [0.05, 0.1) is 16.7 Å². The van der Waals surface area contributed by atoms with E-state index in [0.717, 1.165) is 30.3 Å². The van der Waals surface area contributed by atoms with Crippen molar-refractivity contribution in [2.45, 2.75) is 13.0 Å². The summed E-state index contributed by atoms with van der Waals surface area (Å²) in [5.74, 6) is -6.11. The summed E-state index contributed by atoms with van der Waals surface area (Å²) in [6.07, 6.45) is 0. The van der Waals surface area contributed by atoms with E-state index in [1.807, 2.05) is 0 Å². The summed E-state index contributed by atoms with van der Waals surface area (Å²) in [6.45, 7) is -0.171. The fourth-order valence-corrected chi connectivity index (χ4v) is 3.78. The Balaban J connectivity index is 1.33. The summed E-state index contributed by atoms with van der Waals surface area (Å²) >= 11 is 0. The summed E-state index contributed by atoms with van der Waals surface area (Å²) in [6, 6.07) is 11.9. The van der Waals surface area contributed by atoms with Gasteiger partial charge in [-0.2, -0.15) is 0 Å². The molecule has 3 aromatic carbocycles. The van der Waals surface area contributed by atoms with Crippen LogP contribution in [0.4, 0.5) is 20.2 Å². The van der Waals surface area contributed by atoms with Gasteiger partial charge in [0.1, 0.15) is 17.7 Å². The normalized spacial score (nSPS) is 12.8. The topological polar surface area (TPSA) is 148 Å². The van der Waals surface area contributed by atoms with Crippen LogP contribution in [-0.2, 0) is 23.9 Å². The Labute approximate surface area is 231 Å². The molecule has 1 aliphatic rings. The van der Waals surface area contributed by atoms with E-state index in [1.165, 1.54) is 43.3 Å². The number of hydrogen-bond donors (Lipinski definition) is 2. The van der Waals surface area contributed by atoms with Gasteiger partial charge in [0.15, 0.2) is 13.2 Å². The molecule has 4 rings (SSSR count). The van der Waals surface area contributed by atoms with E-state index in [4.69, 9.17) is 9.47 Å². The lowest BCUT2D eigenvalue weighted by Gasteiger charge is -2.20. The molecule has 2 N–H and O–H groups in total. The Bertz CT molecular complexity index is 1540. The maximum atomic E-state index is 13.0. The summed E-state index contributed by atoms with van der Waals surface area (Å²) in [7, 11) is 0. The molecule has 1 atom stereocenters. The molecular formula is C28H21F2N3O8. The van der Waals surface area contributed by atoms with Gasteiger partial charge in [-0.3, -0.25) is 24.1 Å². The van der Waals surface area contributed by atoms with Crippen molar-refractivity contribution in [1.29, 1.82) is 0 Å². The van der Waals surface area contributed by atoms with Gasteiger partial charge < -0.3 is 20.1 Å². The van der Waals surface area contributed by atoms with E-state index in [-0.39, 0.29) is 28.1 Å². The van der Waals surface area contributed by atoms with Crippen molar-refractivity contribution < 1.29 is 47.0 Å². The SMILES string of the molecule is C[C@@H](C(=O)OCC(=O)Nc1ccc(F)cc1)N1C(=O)c2ccc(C(=O)OCC(=O)Nc3ccc(F)cc3)cc2C1=O. The highest BCUT2D eigenvalue weighted by atomic mass is 19.1. The predicted molar refractivity (Wildman–Crippen MR) is 138 cm³/mol. The molecule has 41 heavy (non-hydrogen) atoms. The second kappa shape index (κ2) is 12.2. The molecule has 0 spiro atoms. The second-order valence-corrected chi connectivity index (χ2v) is 8.71. The zero-order chi connectivity index (χ0) is 29.7. The molecule has 0 unspecified atom stereocenters. The molecule has 0 aromatic heterocycles. The van der Waals surface area contributed by atoms with Gasteiger partial charge in [-0.05, 0) is 73.7 Å². The van der Waals surface area contributed by atoms with Crippen LogP contribution in [0.5, 0.6) is 0 Å². The highest BCUT2D eigenvalue weighted by Crippen LogP contribution is 2.26. The Morgan fingerprint density at radius 1 is 0.732 bits per heavy atom. The van der Waals surface area contributed by atoms with E-state index in [2.05, 4.69) is 10.6 Å². The number of fused-ring (bicyclic) bond motifs is 1. The number of rotatable bonds is 9. The molecular weight excluding hydrogens is 544 g/mol. The van der Waals surface area contributed by atoms with Crippen LogP contribution in [-0.4, -0.2) is 59.7 Å². The van der Waals surface area contributed by atoms with Crippen LogP contribution in [0.3, 0.4) is 0 Å². The van der Waals surface area contributed by atoms with Crippen LogP contribution in [0.1, 0.15) is 38.0 Å². The predicted octanol–water partition coefficient (Wildman–Crippen LogP) is 2.93. The van der Waals surface area contributed by atoms with Crippen LogP contribution in [0.25, 0.3) is 0 Å². The molecule has 4 amide bonds. The number of nitrogens with one attached hydrogen (secondary N) is 2. The number of benzene rings is 3. The van der Waals surface area contributed by atoms with E-state index in [0.29, 0.717) is 4.90 Å². The monoisotopic (exact) mass is 565 g/mol. The Hall–Kier alpha value is -5.46. The first-order valence-electron chi connectivity index (χ1n) is 12.0. The molecule has 13 heteroatoms. The lowest BCUT2D eigenvalue weighted by atomic mass is 10.1. The number of imide groups is 1. The fraction of sp³-hybridized carbons (Fsp3) is 0.143. The van der Waals surface area contributed by atoms with Crippen LogP contribution in [0.2, 0.25) is 0 Å². The minimum atomic E-state index is -1.41. The van der Waals surface area contributed by atoms with Crippen molar-refractivity contribution >= 4 is 46.9 Å². The highest BCUT2D eigenvalue weighted by molar-refractivity contribution is 6.23. The maximum absolute atomic E-state index is 13.0. The molecule has 0 bridgehead atoms. The number of esters is 2. The van der Waals surface area contributed by atoms with E-state index >= 15 is 0 Å². The first-order valence-corrected chi connectivity index (χ1v) is 12.0. The van der Waals surface area contributed by atoms with E-state index < -0.39 is 66.5 Å². The molecule has 210 valence electrons. The van der Waals surface area contributed by atoms with Crippen molar-refractivity contribution in [3.8, 4) is 0 Å². The number of amides is 4. The Kier molecular flexibility index (Phi) is 8.46. The molecule has 11 nitrogen and oxygen atoms in total. The van der Waals surface area contributed by atoms with Gasteiger partial charge in [0.25, 0.3) is 23.6 Å². The van der Waals surface area contributed by atoms with Gasteiger partial charge in [0.2, 0.25) is 0 Å². The first-order chi connectivity index (χ1) is 19.5. The third-order valence-corrected chi connectivity index (χ3v) is 5.82. The third-order valence-electron chi connectivity index (χ3n) is 5.82. The third kappa shape index (κ3) is 6.76. The molecule has 1 aliphatic heterocycles. The largest absolute Gasteiger partial charge is 0.454 e. The minimum Gasteiger partial charge on any atom is -0.454 e. The highest BCUT2D eigenvalue weighted by Gasteiger charge is 2.42. The molecule has 0 saturated heterocycles. The summed E-state index contributed by atoms with van der Waals surface area (Å²) in [5.41, 5.74) is 0.177. The zero-order valence-corrected chi connectivity index (χ0v) is 21.3. The number of anilines is 2. The summed E-state index contributed by atoms with van der Waals surface area (Å²) in [4.78, 5) is 75.5. The van der Waals surface area contributed by atoms with Gasteiger partial charge in [-0.25, -0.2) is 18.4 Å². The lowest BCUT2D eigenvalue weighted by Crippen LogP contribution is -2.44. The van der Waals surface area contributed by atoms with Crippen molar-refractivity contribution in [2.75, 3.05) is 23.8 Å². The number of ether oxygens (including phenoxy) is 2. The first kappa shape index (κ1) is 28.5. The number of hydrogen-bond acceptors (Lipinski definition) is 8. The van der Waals surface area contributed by atoms with Gasteiger partial charge in [-0.15, -0.1) is 0 Å². The number of halogens is 2. The molecule has 1 heterocycles. The number of carbonyl (C=O) groups excluding carboxylic acids is 6. The van der Waals surface area contributed by atoms with Crippen molar-refractivity contribution in [3.63, 3.8) is 0 Å². The van der Waals surface area contributed by atoms with E-state index in [9.17, 15) is 37.5 Å². The van der Waals surface area contributed by atoms with Crippen molar-refractivity contribution in [3.05, 3.63) is 95.1 Å². The molecule has 0 aliphatic carbocycles. The second-order valence-electron chi connectivity index (χ2n) is 8.71. The van der Waals surface area contributed by atoms with Crippen molar-refractivity contribution in [1.82, 2.24) is 4.90 Å².